The third-order valence-electron chi connectivity index (χ3n) is 3.00. The van der Waals surface area contributed by atoms with Crippen molar-refractivity contribution in [3.8, 4) is 11.1 Å². The molecule has 2 aromatic carbocycles. The summed E-state index contributed by atoms with van der Waals surface area (Å²) in [5.41, 5.74) is 1.27. The lowest BCUT2D eigenvalue weighted by atomic mass is 10.0. The number of halogens is 3. The molecular formula is C15H14F3N. The molecule has 1 N–H and O–H groups in total. The highest BCUT2D eigenvalue weighted by Crippen LogP contribution is 2.27. The van der Waals surface area contributed by atoms with Crippen molar-refractivity contribution in [2.24, 2.45) is 0 Å². The molecule has 0 atom stereocenters. The predicted octanol–water partition coefficient (Wildman–Crippen LogP) is 3.80. The van der Waals surface area contributed by atoms with Gasteiger partial charge in [-0.1, -0.05) is 18.2 Å². The van der Waals surface area contributed by atoms with Gasteiger partial charge in [0.2, 0.25) is 0 Å². The summed E-state index contributed by atoms with van der Waals surface area (Å²) in [4.78, 5) is 0. The second-order valence-corrected chi connectivity index (χ2v) is 4.39. The van der Waals surface area contributed by atoms with E-state index in [1.807, 2.05) is 0 Å². The Bertz CT molecular complexity index is 609. The van der Waals surface area contributed by atoms with Gasteiger partial charge < -0.3 is 5.32 Å². The van der Waals surface area contributed by atoms with Crippen LogP contribution in [-0.4, -0.2) is 7.05 Å². The molecule has 100 valence electrons. The topological polar surface area (TPSA) is 12.0 Å². The largest absolute Gasteiger partial charge is 0.316 e. The minimum Gasteiger partial charge on any atom is -0.316 e. The molecule has 0 radical (unpaired) electrons. The van der Waals surface area contributed by atoms with E-state index in [2.05, 4.69) is 5.32 Å². The van der Waals surface area contributed by atoms with Gasteiger partial charge in [0.1, 0.15) is 5.82 Å². The van der Waals surface area contributed by atoms with E-state index in [9.17, 15) is 13.2 Å². The maximum Gasteiger partial charge on any atom is 0.166 e. The molecule has 4 heteroatoms. The lowest BCUT2D eigenvalue weighted by Gasteiger charge is -2.09. The first kappa shape index (κ1) is 13.6. The van der Waals surface area contributed by atoms with Gasteiger partial charge in [-0.05, 0) is 37.2 Å². The van der Waals surface area contributed by atoms with Gasteiger partial charge in [-0.25, -0.2) is 13.2 Å². The second-order valence-electron chi connectivity index (χ2n) is 4.39. The zero-order chi connectivity index (χ0) is 14.0. The van der Waals surface area contributed by atoms with Crippen molar-refractivity contribution in [2.45, 2.75) is 13.5 Å². The molecule has 0 spiro atoms. The molecule has 0 saturated carbocycles. The van der Waals surface area contributed by atoms with E-state index in [0.717, 1.165) is 0 Å². The third-order valence-corrected chi connectivity index (χ3v) is 3.00. The van der Waals surface area contributed by atoms with Gasteiger partial charge in [-0.2, -0.15) is 0 Å². The Balaban J connectivity index is 2.53. The minimum absolute atomic E-state index is 0.139. The molecule has 19 heavy (non-hydrogen) atoms. The fourth-order valence-electron chi connectivity index (χ4n) is 1.94. The Morgan fingerprint density at radius 2 is 1.74 bits per heavy atom. The van der Waals surface area contributed by atoms with Crippen molar-refractivity contribution in [3.05, 3.63) is 58.9 Å². The molecule has 0 heterocycles. The molecule has 0 aliphatic rings. The molecule has 2 rings (SSSR count). The highest BCUT2D eigenvalue weighted by Gasteiger charge is 2.13. The minimum atomic E-state index is -0.901. The summed E-state index contributed by atoms with van der Waals surface area (Å²) in [6, 6.07) is 7.25. The normalized spacial score (nSPS) is 10.8. The molecule has 0 amide bonds. The number of hydrogen-bond acceptors (Lipinski definition) is 1. The van der Waals surface area contributed by atoms with E-state index in [-0.39, 0.29) is 16.9 Å². The Kier molecular flexibility index (Phi) is 3.90. The van der Waals surface area contributed by atoms with Gasteiger partial charge in [0.25, 0.3) is 0 Å². The van der Waals surface area contributed by atoms with Gasteiger partial charge in [0.15, 0.2) is 11.6 Å². The van der Waals surface area contributed by atoms with Crippen LogP contribution in [-0.2, 0) is 6.54 Å². The molecule has 2 aromatic rings. The van der Waals surface area contributed by atoms with E-state index in [0.29, 0.717) is 17.7 Å². The SMILES string of the molecule is CNCc1cc(-c2ccc(C)c(F)c2F)ccc1F. The van der Waals surface area contributed by atoms with Crippen LogP contribution >= 0.6 is 0 Å². The van der Waals surface area contributed by atoms with Crippen molar-refractivity contribution < 1.29 is 13.2 Å². The van der Waals surface area contributed by atoms with Gasteiger partial charge in [0.05, 0.1) is 0 Å². The van der Waals surface area contributed by atoms with Crippen LogP contribution in [0, 0.1) is 24.4 Å². The fraction of sp³-hybridized carbons (Fsp3) is 0.200. The first-order valence-electron chi connectivity index (χ1n) is 5.92. The van der Waals surface area contributed by atoms with Crippen LogP contribution in [0.15, 0.2) is 30.3 Å². The highest BCUT2D eigenvalue weighted by molar-refractivity contribution is 5.65. The summed E-state index contributed by atoms with van der Waals surface area (Å²) in [7, 11) is 1.69. The number of nitrogens with one attached hydrogen (secondary N) is 1. The molecule has 0 saturated heterocycles. The van der Waals surface area contributed by atoms with E-state index in [1.54, 1.807) is 7.05 Å². The van der Waals surface area contributed by atoms with E-state index >= 15 is 0 Å². The molecule has 0 aliphatic carbocycles. The van der Waals surface area contributed by atoms with Gasteiger partial charge >= 0.3 is 0 Å². The Hall–Kier alpha value is -1.81. The third kappa shape index (κ3) is 2.63. The van der Waals surface area contributed by atoms with Crippen LogP contribution in [0.1, 0.15) is 11.1 Å². The summed E-state index contributed by atoms with van der Waals surface area (Å²) in [6.07, 6.45) is 0. The average molecular weight is 265 g/mol. The van der Waals surface area contributed by atoms with Gasteiger partial charge in [0, 0.05) is 17.7 Å². The molecule has 0 fully saturated rings. The van der Waals surface area contributed by atoms with E-state index in [4.69, 9.17) is 0 Å². The van der Waals surface area contributed by atoms with E-state index < -0.39 is 11.6 Å². The zero-order valence-corrected chi connectivity index (χ0v) is 10.7. The van der Waals surface area contributed by atoms with Crippen molar-refractivity contribution in [3.63, 3.8) is 0 Å². The molecule has 1 nitrogen and oxygen atoms in total. The van der Waals surface area contributed by atoms with Crippen LogP contribution in [0.5, 0.6) is 0 Å². The average Bonchev–Trinajstić information content (AvgIpc) is 2.39. The standard InChI is InChI=1S/C15H14F3N/c1-9-3-5-12(15(18)14(9)17)10-4-6-13(16)11(7-10)8-19-2/h3-7,19H,8H2,1-2H3. The van der Waals surface area contributed by atoms with Crippen LogP contribution in [0.4, 0.5) is 13.2 Å². The summed E-state index contributed by atoms with van der Waals surface area (Å²) in [6.45, 7) is 1.83. The Morgan fingerprint density at radius 1 is 1.00 bits per heavy atom. The lowest BCUT2D eigenvalue weighted by Crippen LogP contribution is -2.07. The monoisotopic (exact) mass is 265 g/mol. The van der Waals surface area contributed by atoms with Crippen LogP contribution < -0.4 is 5.32 Å². The number of rotatable bonds is 3. The molecule has 0 aliphatic heterocycles. The predicted molar refractivity (Wildman–Crippen MR) is 69.3 cm³/mol. The summed E-state index contributed by atoms with van der Waals surface area (Å²) in [5, 5.41) is 2.83. The van der Waals surface area contributed by atoms with E-state index in [1.165, 1.54) is 37.3 Å². The fourth-order valence-corrected chi connectivity index (χ4v) is 1.94. The molecule has 0 unspecified atom stereocenters. The quantitative estimate of drug-likeness (QED) is 0.890. The first-order chi connectivity index (χ1) is 9.04. The smallest absolute Gasteiger partial charge is 0.166 e. The number of aryl methyl sites for hydroxylation is 1. The van der Waals surface area contributed by atoms with Gasteiger partial charge in [-0.15, -0.1) is 0 Å². The number of benzene rings is 2. The zero-order valence-electron chi connectivity index (χ0n) is 10.7. The first-order valence-corrected chi connectivity index (χ1v) is 5.92. The maximum atomic E-state index is 13.9. The lowest BCUT2D eigenvalue weighted by molar-refractivity contribution is 0.505. The van der Waals surface area contributed by atoms with Crippen LogP contribution in [0.3, 0.4) is 0 Å². The van der Waals surface area contributed by atoms with Crippen molar-refractivity contribution in [2.75, 3.05) is 7.05 Å². The Labute approximate surface area is 110 Å². The molecule has 0 aromatic heterocycles. The van der Waals surface area contributed by atoms with Crippen molar-refractivity contribution in [1.29, 1.82) is 0 Å². The maximum absolute atomic E-state index is 13.9. The number of hydrogen-bond donors (Lipinski definition) is 1. The Morgan fingerprint density at radius 3 is 2.42 bits per heavy atom. The molecule has 0 bridgehead atoms. The van der Waals surface area contributed by atoms with Crippen molar-refractivity contribution >= 4 is 0 Å². The molecular weight excluding hydrogens is 251 g/mol. The summed E-state index contributed by atoms with van der Waals surface area (Å²) < 4.78 is 40.9. The summed E-state index contributed by atoms with van der Waals surface area (Å²) >= 11 is 0. The van der Waals surface area contributed by atoms with Gasteiger partial charge in [-0.3, -0.25) is 0 Å². The van der Waals surface area contributed by atoms with Crippen LogP contribution in [0.25, 0.3) is 11.1 Å². The highest BCUT2D eigenvalue weighted by atomic mass is 19.2. The second kappa shape index (κ2) is 5.45. The van der Waals surface area contributed by atoms with Crippen molar-refractivity contribution in [1.82, 2.24) is 5.32 Å². The summed E-state index contributed by atoms with van der Waals surface area (Å²) in [5.74, 6) is -2.13. The van der Waals surface area contributed by atoms with Crippen LogP contribution in [0.2, 0.25) is 0 Å².